The molecule has 34 heavy (non-hydrogen) atoms. The first-order valence-electron chi connectivity index (χ1n) is 11.5. The van der Waals surface area contributed by atoms with Gasteiger partial charge in [0.05, 0.1) is 10.7 Å². The van der Waals surface area contributed by atoms with Crippen LogP contribution in [0.2, 0.25) is 5.02 Å². The van der Waals surface area contributed by atoms with Gasteiger partial charge in [0.25, 0.3) is 0 Å². The number of rotatable bonds is 5. The number of ketones is 2. The van der Waals surface area contributed by atoms with Crippen molar-refractivity contribution < 1.29 is 19.1 Å². The average Bonchev–Trinajstić information content (AvgIpc) is 2.82. The molecule has 3 aliphatic rings. The van der Waals surface area contributed by atoms with Crippen LogP contribution in [-0.2, 0) is 16.2 Å². The lowest BCUT2D eigenvalue weighted by molar-refractivity contribution is -0.116. The largest absolute Gasteiger partial charge is 0.493 e. The van der Waals surface area contributed by atoms with Gasteiger partial charge in [0, 0.05) is 46.3 Å². The van der Waals surface area contributed by atoms with Gasteiger partial charge in [0.2, 0.25) is 0 Å². The van der Waals surface area contributed by atoms with E-state index >= 15 is 0 Å². The third-order valence-corrected chi connectivity index (χ3v) is 7.69. The minimum absolute atomic E-state index is 0.124. The number of hydrogen-bond donors (Lipinski definition) is 1. The predicted molar refractivity (Wildman–Crippen MR) is 139 cm³/mol. The Morgan fingerprint density at radius 2 is 1.68 bits per heavy atom. The molecule has 0 fully saturated rings. The molecule has 0 saturated carbocycles. The van der Waals surface area contributed by atoms with Crippen molar-refractivity contribution in [1.29, 1.82) is 0 Å². The lowest BCUT2D eigenvalue weighted by Gasteiger charge is -2.37. The fourth-order valence-corrected chi connectivity index (χ4v) is 6.14. The van der Waals surface area contributed by atoms with Gasteiger partial charge in [-0.1, -0.05) is 23.7 Å². The number of nitrogens with one attached hydrogen (secondary N) is 1. The van der Waals surface area contributed by atoms with Crippen molar-refractivity contribution in [2.45, 2.75) is 51.0 Å². The standard InChI is InChI=1S/C27H25ClINO4/c1-33-23-13-16(12-18(29)27(23)34-14-15-5-2-6-17(28)11-15)24-25-19(7-3-9-21(25)31)30-20-8-4-10-22(32)26(20)24/h2,5-6,11-13,24,30H,3-4,7-10,14H2,1H3. The second-order valence-corrected chi connectivity index (χ2v) is 10.4. The Hall–Kier alpha value is -2.32. The summed E-state index contributed by atoms with van der Waals surface area (Å²) in [4.78, 5) is 26.2. The van der Waals surface area contributed by atoms with Crippen LogP contribution < -0.4 is 14.8 Å². The number of allylic oxidation sites excluding steroid dienone is 4. The van der Waals surface area contributed by atoms with Gasteiger partial charge in [0.1, 0.15) is 6.61 Å². The Balaban J connectivity index is 1.56. The first kappa shape index (κ1) is 23.4. The maximum atomic E-state index is 13.1. The fourth-order valence-electron chi connectivity index (χ4n) is 5.15. The lowest BCUT2D eigenvalue weighted by atomic mass is 9.71. The van der Waals surface area contributed by atoms with E-state index in [0.717, 1.165) is 62.9 Å². The van der Waals surface area contributed by atoms with Crippen LogP contribution in [0.1, 0.15) is 55.6 Å². The molecule has 0 saturated heterocycles. The summed E-state index contributed by atoms with van der Waals surface area (Å²) in [7, 11) is 1.61. The maximum Gasteiger partial charge on any atom is 0.174 e. The van der Waals surface area contributed by atoms with Gasteiger partial charge in [-0.15, -0.1) is 0 Å². The molecule has 0 radical (unpaired) electrons. The normalized spacial score (nSPS) is 18.4. The van der Waals surface area contributed by atoms with Gasteiger partial charge in [-0.05, 0) is 83.7 Å². The molecule has 0 atom stereocenters. The first-order chi connectivity index (χ1) is 16.5. The molecule has 5 nitrogen and oxygen atoms in total. The van der Waals surface area contributed by atoms with Crippen molar-refractivity contribution in [3.63, 3.8) is 0 Å². The van der Waals surface area contributed by atoms with Crippen molar-refractivity contribution in [2.24, 2.45) is 0 Å². The van der Waals surface area contributed by atoms with Gasteiger partial charge < -0.3 is 14.8 Å². The van der Waals surface area contributed by atoms with Gasteiger partial charge in [-0.25, -0.2) is 0 Å². The van der Waals surface area contributed by atoms with Crippen molar-refractivity contribution in [3.05, 3.63) is 78.7 Å². The molecule has 1 heterocycles. The van der Waals surface area contributed by atoms with Crippen LogP contribution in [0.15, 0.2) is 58.9 Å². The molecule has 2 aromatic rings. The highest BCUT2D eigenvalue weighted by Crippen LogP contribution is 2.47. The van der Waals surface area contributed by atoms with E-state index in [1.165, 1.54) is 0 Å². The lowest BCUT2D eigenvalue weighted by Crippen LogP contribution is -2.36. The highest BCUT2D eigenvalue weighted by Gasteiger charge is 2.40. The summed E-state index contributed by atoms with van der Waals surface area (Å²) in [5.41, 5.74) is 5.28. The summed E-state index contributed by atoms with van der Waals surface area (Å²) in [6.07, 6.45) is 4.37. The number of Topliss-reactive ketones (excluding diaryl/α,β-unsaturated/α-hetero) is 2. The van der Waals surface area contributed by atoms with Crippen LogP contribution in [-0.4, -0.2) is 18.7 Å². The molecule has 2 aromatic carbocycles. The minimum atomic E-state index is -0.365. The Bertz CT molecular complexity index is 1210. The molecule has 0 spiro atoms. The number of hydrogen-bond acceptors (Lipinski definition) is 5. The molecule has 0 unspecified atom stereocenters. The number of benzene rings is 2. The van der Waals surface area contributed by atoms with Crippen LogP contribution in [0.25, 0.3) is 0 Å². The van der Waals surface area contributed by atoms with Gasteiger partial charge in [-0.3, -0.25) is 9.59 Å². The predicted octanol–water partition coefficient (Wildman–Crippen LogP) is 6.23. The second kappa shape index (κ2) is 9.74. The summed E-state index contributed by atoms with van der Waals surface area (Å²) < 4.78 is 12.7. The third-order valence-electron chi connectivity index (χ3n) is 6.65. The fraction of sp³-hybridized carbons (Fsp3) is 0.333. The Labute approximate surface area is 217 Å². The zero-order chi connectivity index (χ0) is 23.8. The Kier molecular flexibility index (Phi) is 6.71. The molecule has 176 valence electrons. The molecule has 1 aliphatic heterocycles. The van der Waals surface area contributed by atoms with Crippen LogP contribution in [0, 0.1) is 3.57 Å². The molecule has 0 aromatic heterocycles. The molecular weight excluding hydrogens is 565 g/mol. The molecule has 5 rings (SSSR count). The highest BCUT2D eigenvalue weighted by molar-refractivity contribution is 14.1. The number of halogens is 2. The topological polar surface area (TPSA) is 64.6 Å². The van der Waals surface area contributed by atoms with E-state index in [9.17, 15) is 9.59 Å². The first-order valence-corrected chi connectivity index (χ1v) is 13.0. The van der Waals surface area contributed by atoms with Crippen LogP contribution in [0.5, 0.6) is 11.5 Å². The van der Waals surface area contributed by atoms with Gasteiger partial charge in [0.15, 0.2) is 23.1 Å². The summed E-state index contributed by atoms with van der Waals surface area (Å²) in [6, 6.07) is 11.5. The summed E-state index contributed by atoms with van der Waals surface area (Å²) in [6.45, 7) is 0.348. The van der Waals surface area contributed by atoms with Crippen LogP contribution in [0.3, 0.4) is 0 Å². The van der Waals surface area contributed by atoms with Gasteiger partial charge in [-0.2, -0.15) is 0 Å². The molecule has 0 amide bonds. The Morgan fingerprint density at radius 3 is 2.29 bits per heavy atom. The third kappa shape index (κ3) is 4.38. The summed E-state index contributed by atoms with van der Waals surface area (Å²) in [5.74, 6) is 1.10. The molecule has 1 N–H and O–H groups in total. The average molecular weight is 590 g/mol. The number of ether oxygens (including phenoxy) is 2. The number of carbonyl (C=O) groups is 2. The maximum absolute atomic E-state index is 13.1. The summed E-state index contributed by atoms with van der Waals surface area (Å²) >= 11 is 8.35. The van der Waals surface area contributed by atoms with Crippen molar-refractivity contribution >= 4 is 45.8 Å². The SMILES string of the molecule is COc1cc(C2C3=C(CCCC3=O)NC3=C2C(=O)CCC3)cc(I)c1OCc1cccc(Cl)c1. The van der Waals surface area contributed by atoms with E-state index in [0.29, 0.717) is 36.0 Å². The molecule has 2 aliphatic carbocycles. The second-order valence-electron chi connectivity index (χ2n) is 8.85. The van der Waals surface area contributed by atoms with E-state index < -0.39 is 0 Å². The van der Waals surface area contributed by atoms with Crippen molar-refractivity contribution in [2.75, 3.05) is 7.11 Å². The monoisotopic (exact) mass is 589 g/mol. The van der Waals surface area contributed by atoms with E-state index in [2.05, 4.69) is 27.9 Å². The number of dihydropyridines is 1. The van der Waals surface area contributed by atoms with E-state index in [4.69, 9.17) is 21.1 Å². The zero-order valence-electron chi connectivity index (χ0n) is 18.9. The number of methoxy groups -OCH3 is 1. The number of carbonyl (C=O) groups excluding carboxylic acids is 2. The van der Waals surface area contributed by atoms with E-state index in [1.54, 1.807) is 7.11 Å². The van der Waals surface area contributed by atoms with Gasteiger partial charge >= 0.3 is 0 Å². The van der Waals surface area contributed by atoms with Crippen LogP contribution >= 0.6 is 34.2 Å². The molecular formula is C27H25ClINO4. The smallest absolute Gasteiger partial charge is 0.174 e. The summed E-state index contributed by atoms with van der Waals surface area (Å²) in [5, 5.41) is 4.12. The van der Waals surface area contributed by atoms with Crippen molar-refractivity contribution in [3.8, 4) is 11.5 Å². The quantitative estimate of drug-likeness (QED) is 0.419. The molecule has 7 heteroatoms. The minimum Gasteiger partial charge on any atom is -0.493 e. The van der Waals surface area contributed by atoms with E-state index in [-0.39, 0.29) is 17.5 Å². The Morgan fingerprint density at radius 1 is 1.00 bits per heavy atom. The molecule has 0 bridgehead atoms. The van der Waals surface area contributed by atoms with E-state index in [1.807, 2.05) is 36.4 Å². The van der Waals surface area contributed by atoms with Crippen LogP contribution in [0.4, 0.5) is 0 Å². The highest BCUT2D eigenvalue weighted by atomic mass is 127. The zero-order valence-corrected chi connectivity index (χ0v) is 21.8. The van der Waals surface area contributed by atoms with Crippen molar-refractivity contribution in [1.82, 2.24) is 5.32 Å².